The van der Waals surface area contributed by atoms with Crippen LogP contribution in [0.15, 0.2) is 54.6 Å². The molecule has 3 aromatic carbocycles. The van der Waals surface area contributed by atoms with E-state index >= 15 is 0 Å². The Balaban J connectivity index is 2.09. The maximum atomic E-state index is 13.4. The van der Waals surface area contributed by atoms with Gasteiger partial charge in [-0.3, -0.25) is 0 Å². The van der Waals surface area contributed by atoms with Crippen molar-refractivity contribution < 1.29 is 49.0 Å². The van der Waals surface area contributed by atoms with Crippen LogP contribution in [0, 0.1) is 0 Å². The first-order valence-corrected chi connectivity index (χ1v) is 9.05. The molecule has 0 atom stereocenters. The van der Waals surface area contributed by atoms with Gasteiger partial charge in [-0.25, -0.2) is 0 Å². The monoisotopic (exact) mass is 496 g/mol. The Morgan fingerprint density at radius 3 is 1.21 bits per heavy atom. The summed E-state index contributed by atoms with van der Waals surface area (Å²) >= 11 is 0. The Morgan fingerprint density at radius 1 is 0.500 bits per heavy atom. The maximum absolute atomic E-state index is 13.4. The minimum absolute atomic E-state index is 0.282. The summed E-state index contributed by atoms with van der Waals surface area (Å²) in [5.74, 6) is -3.31. The molecular weight excluding hydrogens is 483 g/mol. The molecule has 0 fully saturated rings. The molecule has 0 saturated heterocycles. The second kappa shape index (κ2) is 8.54. The minimum Gasteiger partial charge on any atom is -0.457 e. The van der Waals surface area contributed by atoms with Crippen molar-refractivity contribution in [3.05, 3.63) is 71.3 Å². The fraction of sp³-hybridized carbons (Fsp3) is 0.143. The van der Waals surface area contributed by atoms with Gasteiger partial charge in [-0.05, 0) is 48.5 Å². The molecule has 0 saturated carbocycles. The third kappa shape index (κ3) is 5.77. The molecule has 0 aliphatic carbocycles. The van der Waals surface area contributed by atoms with Crippen LogP contribution >= 0.6 is 0 Å². The number of ether oxygens (including phenoxy) is 2. The highest BCUT2D eigenvalue weighted by Crippen LogP contribution is 2.44. The van der Waals surface area contributed by atoms with E-state index in [2.05, 4.69) is 0 Å². The van der Waals surface area contributed by atoms with E-state index in [0.717, 1.165) is 24.3 Å². The molecule has 3 rings (SSSR count). The number of alkyl halides is 9. The lowest BCUT2D eigenvalue weighted by molar-refractivity contribution is -0.139. The molecule has 0 bridgehead atoms. The summed E-state index contributed by atoms with van der Waals surface area (Å²) < 4.78 is 130. The summed E-state index contributed by atoms with van der Waals surface area (Å²) in [4.78, 5) is 0. The summed E-state index contributed by atoms with van der Waals surface area (Å²) in [7, 11) is 0. The molecule has 0 spiro atoms. The molecule has 0 heterocycles. The second-order valence-corrected chi connectivity index (χ2v) is 6.90. The van der Waals surface area contributed by atoms with Crippen LogP contribution in [-0.2, 0) is 18.5 Å². The van der Waals surface area contributed by atoms with Crippen molar-refractivity contribution in [2.45, 2.75) is 18.5 Å². The van der Waals surface area contributed by atoms with Gasteiger partial charge < -0.3 is 20.9 Å². The zero-order chi connectivity index (χ0) is 25.5. The normalized spacial score (nSPS) is 12.5. The van der Waals surface area contributed by atoms with Crippen LogP contribution in [0.3, 0.4) is 0 Å². The largest absolute Gasteiger partial charge is 0.457 e. The molecule has 0 aliphatic rings. The van der Waals surface area contributed by atoms with E-state index in [1.165, 1.54) is 0 Å². The van der Waals surface area contributed by atoms with E-state index in [9.17, 15) is 39.5 Å². The number of hydrogen-bond acceptors (Lipinski definition) is 4. The Labute approximate surface area is 185 Å². The zero-order valence-electron chi connectivity index (χ0n) is 16.6. The average molecular weight is 496 g/mol. The van der Waals surface area contributed by atoms with Gasteiger partial charge in [0.2, 0.25) is 0 Å². The topological polar surface area (TPSA) is 70.5 Å². The number of rotatable bonds is 4. The second-order valence-electron chi connectivity index (χ2n) is 6.90. The van der Waals surface area contributed by atoms with Crippen LogP contribution in [0.25, 0.3) is 0 Å². The Hall–Kier alpha value is -3.77. The van der Waals surface area contributed by atoms with Gasteiger partial charge in [-0.2, -0.15) is 39.5 Å². The van der Waals surface area contributed by atoms with Gasteiger partial charge in [0.25, 0.3) is 0 Å². The van der Waals surface area contributed by atoms with Gasteiger partial charge in [0.1, 0.15) is 34.1 Å². The number of benzene rings is 3. The van der Waals surface area contributed by atoms with Gasteiger partial charge >= 0.3 is 18.5 Å². The summed E-state index contributed by atoms with van der Waals surface area (Å²) in [5, 5.41) is 0. The predicted molar refractivity (Wildman–Crippen MR) is 103 cm³/mol. The van der Waals surface area contributed by atoms with Crippen LogP contribution in [0.5, 0.6) is 23.0 Å². The molecule has 0 amide bonds. The summed E-state index contributed by atoms with van der Waals surface area (Å²) in [6.45, 7) is 0. The van der Waals surface area contributed by atoms with Crippen LogP contribution in [0.4, 0.5) is 50.9 Å². The maximum Gasteiger partial charge on any atom is 0.420 e. The summed E-state index contributed by atoms with van der Waals surface area (Å²) in [6.07, 6.45) is -15.0. The van der Waals surface area contributed by atoms with Crippen molar-refractivity contribution in [3.8, 4) is 23.0 Å². The van der Waals surface area contributed by atoms with E-state index in [4.69, 9.17) is 20.9 Å². The lowest BCUT2D eigenvalue weighted by Gasteiger charge is -2.18. The molecule has 3 aromatic rings. The summed E-state index contributed by atoms with van der Waals surface area (Å²) in [6, 6.07) is 6.13. The third-order valence-corrected chi connectivity index (χ3v) is 4.28. The fourth-order valence-corrected chi connectivity index (χ4v) is 2.82. The van der Waals surface area contributed by atoms with Gasteiger partial charge in [0.05, 0.1) is 5.56 Å². The number of halogens is 9. The van der Waals surface area contributed by atoms with Crippen LogP contribution < -0.4 is 20.9 Å². The highest BCUT2D eigenvalue weighted by atomic mass is 19.4. The SMILES string of the molecule is Nc1ccc(Oc2cc(Oc3ccc(N)cc3C(F)(F)F)cc(C(F)(F)F)c2)c(C(F)(F)F)c1. The van der Waals surface area contributed by atoms with Crippen LogP contribution in [0.2, 0.25) is 0 Å². The van der Waals surface area contributed by atoms with Crippen molar-refractivity contribution >= 4 is 11.4 Å². The Morgan fingerprint density at radius 2 is 0.882 bits per heavy atom. The molecule has 0 radical (unpaired) electrons. The van der Waals surface area contributed by atoms with E-state index in [1.54, 1.807) is 0 Å². The summed E-state index contributed by atoms with van der Waals surface area (Å²) in [5.41, 5.74) is 5.95. The number of nitrogen functional groups attached to an aromatic ring is 2. The molecule has 0 aliphatic heterocycles. The van der Waals surface area contributed by atoms with Gasteiger partial charge in [-0.15, -0.1) is 0 Å². The van der Waals surface area contributed by atoms with Crippen molar-refractivity contribution in [2.75, 3.05) is 11.5 Å². The Bertz CT molecular complexity index is 1120. The zero-order valence-corrected chi connectivity index (χ0v) is 16.6. The first-order chi connectivity index (χ1) is 15.5. The van der Waals surface area contributed by atoms with Gasteiger partial charge in [0.15, 0.2) is 0 Å². The lowest BCUT2D eigenvalue weighted by Crippen LogP contribution is -2.09. The highest BCUT2D eigenvalue weighted by molar-refractivity contribution is 5.53. The first kappa shape index (κ1) is 24.9. The van der Waals surface area contributed by atoms with Gasteiger partial charge in [-0.1, -0.05) is 0 Å². The first-order valence-electron chi connectivity index (χ1n) is 9.05. The molecule has 13 heteroatoms. The quantitative estimate of drug-likeness (QED) is 0.290. The average Bonchev–Trinajstić information content (AvgIpc) is 2.68. The fourth-order valence-electron chi connectivity index (χ4n) is 2.82. The molecule has 182 valence electrons. The molecule has 0 unspecified atom stereocenters. The van der Waals surface area contributed by atoms with Crippen molar-refractivity contribution in [1.29, 1.82) is 0 Å². The highest BCUT2D eigenvalue weighted by Gasteiger charge is 2.37. The lowest BCUT2D eigenvalue weighted by atomic mass is 10.1. The Kier molecular flexibility index (Phi) is 6.24. The van der Waals surface area contributed by atoms with Crippen molar-refractivity contribution in [2.24, 2.45) is 0 Å². The molecule has 4 nitrogen and oxygen atoms in total. The molecular formula is C21H13F9N2O2. The van der Waals surface area contributed by atoms with Gasteiger partial charge in [0, 0.05) is 17.4 Å². The molecule has 4 N–H and O–H groups in total. The molecule has 0 aromatic heterocycles. The third-order valence-electron chi connectivity index (χ3n) is 4.28. The van der Waals surface area contributed by atoms with E-state index in [1.807, 2.05) is 0 Å². The minimum atomic E-state index is -5.03. The number of anilines is 2. The van der Waals surface area contributed by atoms with Crippen molar-refractivity contribution in [3.63, 3.8) is 0 Å². The van der Waals surface area contributed by atoms with E-state index in [0.29, 0.717) is 30.3 Å². The van der Waals surface area contributed by atoms with Crippen molar-refractivity contribution in [1.82, 2.24) is 0 Å². The van der Waals surface area contributed by atoms with E-state index in [-0.39, 0.29) is 11.4 Å². The number of nitrogens with two attached hydrogens (primary N) is 2. The van der Waals surface area contributed by atoms with Crippen LogP contribution in [0.1, 0.15) is 16.7 Å². The smallest absolute Gasteiger partial charge is 0.420 e. The standard InChI is InChI=1S/C21H13F9N2O2/c22-19(23,24)10-5-13(33-17-3-1-11(31)7-15(17)20(25,26)27)9-14(6-10)34-18-4-2-12(32)8-16(18)21(28,29)30/h1-9H,31-32H2. The number of hydrogen-bond donors (Lipinski definition) is 2. The van der Waals surface area contributed by atoms with E-state index < -0.39 is 58.2 Å². The van der Waals surface area contributed by atoms with Crippen LogP contribution in [-0.4, -0.2) is 0 Å². The molecule has 34 heavy (non-hydrogen) atoms. The predicted octanol–water partition coefficient (Wildman–Crippen LogP) is 7.49.